The molecule has 3 aromatic rings. The molecule has 6 heteroatoms. The fourth-order valence-corrected chi connectivity index (χ4v) is 2.89. The van der Waals surface area contributed by atoms with Gasteiger partial charge in [0.1, 0.15) is 18.1 Å². The molecule has 0 radical (unpaired) electrons. The number of thiocarbonyl (C=S) groups is 1. The smallest absolute Gasteiger partial charge is 0.257 e. The van der Waals surface area contributed by atoms with Crippen LogP contribution in [0.15, 0.2) is 78.9 Å². The maximum Gasteiger partial charge on any atom is 0.257 e. The van der Waals surface area contributed by atoms with Crippen molar-refractivity contribution in [3.05, 3.63) is 90.0 Å². The van der Waals surface area contributed by atoms with Gasteiger partial charge in [0.2, 0.25) is 0 Å². The van der Waals surface area contributed by atoms with E-state index in [-0.39, 0.29) is 11.0 Å². The van der Waals surface area contributed by atoms with Crippen LogP contribution in [0.4, 0.5) is 5.69 Å². The molecule has 31 heavy (non-hydrogen) atoms. The number of amides is 1. The van der Waals surface area contributed by atoms with Crippen molar-refractivity contribution in [1.29, 1.82) is 0 Å². The van der Waals surface area contributed by atoms with E-state index in [1.165, 1.54) is 0 Å². The number of carbonyl (C=O) groups excluding carboxylic acids is 1. The van der Waals surface area contributed by atoms with Crippen molar-refractivity contribution in [2.24, 2.45) is 5.92 Å². The maximum absolute atomic E-state index is 12.4. The molecule has 0 unspecified atom stereocenters. The van der Waals surface area contributed by atoms with Gasteiger partial charge < -0.3 is 14.8 Å². The molecule has 3 aromatic carbocycles. The Hall–Kier alpha value is -3.38. The largest absolute Gasteiger partial charge is 0.493 e. The Bertz CT molecular complexity index is 988. The van der Waals surface area contributed by atoms with Gasteiger partial charge in [0.25, 0.3) is 5.91 Å². The van der Waals surface area contributed by atoms with Crippen molar-refractivity contribution in [3.8, 4) is 11.5 Å². The first-order valence-corrected chi connectivity index (χ1v) is 10.5. The lowest BCUT2D eigenvalue weighted by atomic mass is 10.2. The first kappa shape index (κ1) is 22.3. The van der Waals surface area contributed by atoms with Gasteiger partial charge in [-0.25, -0.2) is 0 Å². The molecule has 0 saturated carbocycles. The Balaban J connectivity index is 1.46. The van der Waals surface area contributed by atoms with E-state index in [4.69, 9.17) is 21.7 Å². The lowest BCUT2D eigenvalue weighted by Gasteiger charge is -2.12. The van der Waals surface area contributed by atoms with Gasteiger partial charge in [-0.1, -0.05) is 44.2 Å². The van der Waals surface area contributed by atoms with Gasteiger partial charge in [0.15, 0.2) is 5.11 Å². The van der Waals surface area contributed by atoms with Crippen LogP contribution in [0.1, 0.15) is 29.8 Å². The molecule has 0 spiro atoms. The number of carbonyl (C=O) groups is 1. The lowest BCUT2D eigenvalue weighted by molar-refractivity contribution is 0.0977. The third kappa shape index (κ3) is 7.42. The SMILES string of the molecule is CC(C)COc1ccc(C(=O)NC(=S)Nc2ccc(OCc3ccccc3)cc2)cc1. The Kier molecular flexibility index (Phi) is 8.01. The van der Waals surface area contributed by atoms with Crippen LogP contribution in [0.25, 0.3) is 0 Å². The minimum atomic E-state index is -0.282. The van der Waals surface area contributed by atoms with E-state index in [9.17, 15) is 4.79 Å². The summed E-state index contributed by atoms with van der Waals surface area (Å²) in [5, 5.41) is 5.92. The average Bonchev–Trinajstić information content (AvgIpc) is 2.78. The highest BCUT2D eigenvalue weighted by molar-refractivity contribution is 7.80. The highest BCUT2D eigenvalue weighted by Gasteiger charge is 2.09. The van der Waals surface area contributed by atoms with Crippen molar-refractivity contribution in [2.45, 2.75) is 20.5 Å². The minimum absolute atomic E-state index is 0.225. The highest BCUT2D eigenvalue weighted by atomic mass is 32.1. The summed E-state index contributed by atoms with van der Waals surface area (Å²) in [6, 6.07) is 24.4. The van der Waals surface area contributed by atoms with E-state index in [1.54, 1.807) is 24.3 Å². The Morgan fingerprint density at radius 1 is 0.871 bits per heavy atom. The zero-order valence-electron chi connectivity index (χ0n) is 17.6. The summed E-state index contributed by atoms with van der Waals surface area (Å²) >= 11 is 5.26. The van der Waals surface area contributed by atoms with Crippen molar-refractivity contribution in [1.82, 2.24) is 5.32 Å². The number of nitrogens with one attached hydrogen (secondary N) is 2. The normalized spacial score (nSPS) is 10.4. The minimum Gasteiger partial charge on any atom is -0.493 e. The van der Waals surface area contributed by atoms with Gasteiger partial charge in [-0.05, 0) is 72.2 Å². The van der Waals surface area contributed by atoms with E-state index in [0.29, 0.717) is 24.7 Å². The lowest BCUT2D eigenvalue weighted by Crippen LogP contribution is -2.34. The highest BCUT2D eigenvalue weighted by Crippen LogP contribution is 2.17. The van der Waals surface area contributed by atoms with Gasteiger partial charge >= 0.3 is 0 Å². The molecule has 160 valence electrons. The zero-order chi connectivity index (χ0) is 22.1. The van der Waals surface area contributed by atoms with Crippen LogP contribution < -0.4 is 20.1 Å². The Morgan fingerprint density at radius 3 is 2.13 bits per heavy atom. The predicted octanol–water partition coefficient (Wildman–Crippen LogP) is 5.43. The summed E-state index contributed by atoms with van der Waals surface area (Å²) in [4.78, 5) is 12.4. The number of anilines is 1. The van der Waals surface area contributed by atoms with Crippen molar-refractivity contribution < 1.29 is 14.3 Å². The molecule has 0 aliphatic heterocycles. The predicted molar refractivity (Wildman–Crippen MR) is 128 cm³/mol. The number of hydrogen-bond donors (Lipinski definition) is 2. The number of rotatable bonds is 8. The average molecular weight is 435 g/mol. The van der Waals surface area contributed by atoms with Crippen molar-refractivity contribution >= 4 is 28.9 Å². The fourth-order valence-electron chi connectivity index (χ4n) is 2.68. The molecule has 0 atom stereocenters. The van der Waals surface area contributed by atoms with Crippen LogP contribution in [0.5, 0.6) is 11.5 Å². The number of benzene rings is 3. The van der Waals surface area contributed by atoms with Crippen LogP contribution in [0, 0.1) is 5.92 Å². The van der Waals surface area contributed by atoms with E-state index in [1.807, 2.05) is 54.6 Å². The third-order valence-corrected chi connectivity index (χ3v) is 4.49. The molecular weight excluding hydrogens is 408 g/mol. The molecule has 0 aliphatic carbocycles. The van der Waals surface area contributed by atoms with Crippen LogP contribution in [0.3, 0.4) is 0 Å². The van der Waals surface area contributed by atoms with E-state index < -0.39 is 0 Å². The molecule has 3 rings (SSSR count). The molecule has 2 N–H and O–H groups in total. The van der Waals surface area contributed by atoms with Gasteiger partial charge in [0, 0.05) is 11.3 Å². The van der Waals surface area contributed by atoms with E-state index in [0.717, 1.165) is 22.7 Å². The van der Waals surface area contributed by atoms with Gasteiger partial charge in [-0.15, -0.1) is 0 Å². The second kappa shape index (κ2) is 11.1. The zero-order valence-corrected chi connectivity index (χ0v) is 18.4. The molecule has 0 fully saturated rings. The topological polar surface area (TPSA) is 59.6 Å². The molecule has 0 aromatic heterocycles. The molecule has 0 saturated heterocycles. The third-order valence-electron chi connectivity index (χ3n) is 4.29. The Morgan fingerprint density at radius 2 is 1.48 bits per heavy atom. The van der Waals surface area contributed by atoms with Gasteiger partial charge in [0.05, 0.1) is 6.61 Å². The standard InChI is InChI=1S/C25H26N2O3S/c1-18(2)16-29-22-12-8-20(9-13-22)24(28)27-25(31)26-21-10-14-23(15-11-21)30-17-19-6-4-3-5-7-19/h3-15,18H,16-17H2,1-2H3,(H2,26,27,28,31). The summed E-state index contributed by atoms with van der Waals surface area (Å²) in [5.41, 5.74) is 2.37. The van der Waals surface area contributed by atoms with Crippen molar-refractivity contribution in [3.63, 3.8) is 0 Å². The van der Waals surface area contributed by atoms with E-state index in [2.05, 4.69) is 24.5 Å². The second-order valence-electron chi connectivity index (χ2n) is 7.44. The summed E-state index contributed by atoms with van der Waals surface area (Å²) in [6.45, 7) is 5.31. The van der Waals surface area contributed by atoms with E-state index >= 15 is 0 Å². The molecular formula is C25H26N2O3S. The van der Waals surface area contributed by atoms with Gasteiger partial charge in [-0.2, -0.15) is 0 Å². The molecule has 5 nitrogen and oxygen atoms in total. The van der Waals surface area contributed by atoms with Gasteiger partial charge in [-0.3, -0.25) is 10.1 Å². The van der Waals surface area contributed by atoms with Crippen LogP contribution in [-0.4, -0.2) is 17.6 Å². The number of hydrogen-bond acceptors (Lipinski definition) is 4. The first-order chi connectivity index (χ1) is 15.0. The maximum atomic E-state index is 12.4. The fraction of sp³-hybridized carbons (Fsp3) is 0.200. The molecule has 0 heterocycles. The summed E-state index contributed by atoms with van der Waals surface area (Å²) in [5.74, 6) is 1.65. The van der Waals surface area contributed by atoms with Crippen molar-refractivity contribution in [2.75, 3.05) is 11.9 Å². The van der Waals surface area contributed by atoms with Crippen LogP contribution in [-0.2, 0) is 6.61 Å². The first-order valence-electron chi connectivity index (χ1n) is 10.1. The monoisotopic (exact) mass is 434 g/mol. The van der Waals surface area contributed by atoms with Crippen LogP contribution >= 0.6 is 12.2 Å². The van der Waals surface area contributed by atoms with Crippen LogP contribution in [0.2, 0.25) is 0 Å². The summed E-state index contributed by atoms with van der Waals surface area (Å²) < 4.78 is 11.4. The quantitative estimate of drug-likeness (QED) is 0.463. The molecule has 1 amide bonds. The molecule has 0 aliphatic rings. The summed E-state index contributed by atoms with van der Waals surface area (Å²) in [7, 11) is 0. The second-order valence-corrected chi connectivity index (χ2v) is 7.84. The molecule has 0 bridgehead atoms. The Labute approximate surface area is 188 Å². The number of ether oxygens (including phenoxy) is 2. The summed E-state index contributed by atoms with van der Waals surface area (Å²) in [6.07, 6.45) is 0.